The molecule has 0 radical (unpaired) electrons. The fourth-order valence-corrected chi connectivity index (χ4v) is 2.88. The molecular weight excluding hydrogens is 279 g/mol. The second-order valence-corrected chi connectivity index (χ2v) is 5.28. The molecule has 3 aromatic heterocycles. The predicted octanol–water partition coefficient (Wildman–Crippen LogP) is 3.70. The van der Waals surface area contributed by atoms with Crippen LogP contribution in [0.1, 0.15) is 11.4 Å². The second-order valence-electron chi connectivity index (χ2n) is 5.28. The van der Waals surface area contributed by atoms with E-state index in [-0.39, 0.29) is 5.82 Å². The van der Waals surface area contributed by atoms with Crippen LogP contribution in [0, 0.1) is 19.7 Å². The molecule has 3 heterocycles. The lowest BCUT2D eigenvalue weighted by Crippen LogP contribution is -1.98. The summed E-state index contributed by atoms with van der Waals surface area (Å²) in [5, 5.41) is 0. The first-order valence-corrected chi connectivity index (χ1v) is 7.00. The van der Waals surface area contributed by atoms with Gasteiger partial charge >= 0.3 is 0 Å². The maximum absolute atomic E-state index is 13.7. The number of aromatic nitrogens is 4. The minimum Gasteiger partial charge on any atom is -0.289 e. The Kier molecular flexibility index (Phi) is 2.69. The smallest absolute Gasteiger partial charge is 0.146 e. The molecule has 0 aliphatic carbocycles. The van der Waals surface area contributed by atoms with Crippen LogP contribution in [0.3, 0.4) is 0 Å². The molecule has 5 heteroatoms. The Bertz CT molecular complexity index is 1010. The number of imidazole rings is 1. The van der Waals surface area contributed by atoms with Crippen LogP contribution in [-0.2, 0) is 0 Å². The van der Waals surface area contributed by atoms with Crippen molar-refractivity contribution in [3.8, 4) is 11.4 Å². The van der Waals surface area contributed by atoms with Gasteiger partial charge in [0, 0.05) is 24.0 Å². The van der Waals surface area contributed by atoms with Crippen molar-refractivity contribution in [1.29, 1.82) is 0 Å². The van der Waals surface area contributed by atoms with Gasteiger partial charge in [0.25, 0.3) is 0 Å². The molecule has 0 aliphatic rings. The first-order chi connectivity index (χ1) is 10.6. The molecule has 4 nitrogen and oxygen atoms in total. The lowest BCUT2D eigenvalue weighted by atomic mass is 10.2. The van der Waals surface area contributed by atoms with Crippen LogP contribution in [-0.4, -0.2) is 19.4 Å². The fraction of sp³-hybridized carbons (Fsp3) is 0.118. The predicted molar refractivity (Wildman–Crippen MR) is 83.2 cm³/mol. The molecule has 0 saturated heterocycles. The molecule has 0 bridgehead atoms. The van der Waals surface area contributed by atoms with E-state index in [9.17, 15) is 4.39 Å². The number of nitrogens with zero attached hydrogens (tertiary/aromatic N) is 4. The van der Waals surface area contributed by atoms with Crippen molar-refractivity contribution < 1.29 is 4.39 Å². The van der Waals surface area contributed by atoms with Crippen LogP contribution in [0.15, 0.2) is 42.7 Å². The number of pyridine rings is 1. The fourth-order valence-electron chi connectivity index (χ4n) is 2.88. The highest BCUT2D eigenvalue weighted by atomic mass is 19.1. The summed E-state index contributed by atoms with van der Waals surface area (Å²) in [7, 11) is 0. The maximum Gasteiger partial charge on any atom is 0.146 e. The van der Waals surface area contributed by atoms with Gasteiger partial charge in [-0.25, -0.2) is 14.4 Å². The van der Waals surface area contributed by atoms with Gasteiger partial charge in [0.15, 0.2) is 0 Å². The lowest BCUT2D eigenvalue weighted by molar-refractivity contribution is 0.629. The van der Waals surface area contributed by atoms with E-state index in [4.69, 9.17) is 0 Å². The Balaban J connectivity index is 2.23. The molecule has 1 aromatic carbocycles. The van der Waals surface area contributed by atoms with Crippen LogP contribution in [0.2, 0.25) is 0 Å². The molecule has 0 spiro atoms. The number of halogens is 1. The first kappa shape index (κ1) is 12.9. The summed E-state index contributed by atoms with van der Waals surface area (Å²) in [5.41, 5.74) is 5.00. The van der Waals surface area contributed by atoms with E-state index in [0.29, 0.717) is 5.52 Å². The summed E-state index contributed by atoms with van der Waals surface area (Å²) in [4.78, 5) is 13.4. The largest absolute Gasteiger partial charge is 0.289 e. The highest BCUT2D eigenvalue weighted by Crippen LogP contribution is 2.28. The zero-order chi connectivity index (χ0) is 15.3. The van der Waals surface area contributed by atoms with E-state index < -0.39 is 0 Å². The molecule has 0 atom stereocenters. The van der Waals surface area contributed by atoms with Gasteiger partial charge in [0.05, 0.1) is 27.9 Å². The molecule has 0 amide bonds. The van der Waals surface area contributed by atoms with Crippen LogP contribution in [0.5, 0.6) is 0 Å². The summed E-state index contributed by atoms with van der Waals surface area (Å²) in [6, 6.07) is 8.42. The molecule has 4 rings (SSSR count). The van der Waals surface area contributed by atoms with E-state index in [2.05, 4.69) is 15.0 Å². The van der Waals surface area contributed by atoms with Gasteiger partial charge in [0.2, 0.25) is 0 Å². The Morgan fingerprint density at radius 1 is 1.05 bits per heavy atom. The van der Waals surface area contributed by atoms with Gasteiger partial charge in [0.1, 0.15) is 11.6 Å². The van der Waals surface area contributed by atoms with Crippen molar-refractivity contribution in [3.63, 3.8) is 0 Å². The number of hydrogen-bond donors (Lipinski definition) is 0. The minimum absolute atomic E-state index is 0.289. The quantitative estimate of drug-likeness (QED) is 0.537. The van der Waals surface area contributed by atoms with Crippen molar-refractivity contribution in [1.82, 2.24) is 19.4 Å². The summed E-state index contributed by atoms with van der Waals surface area (Å²) in [5.74, 6) is 0.463. The zero-order valence-corrected chi connectivity index (χ0v) is 12.2. The highest BCUT2D eigenvalue weighted by molar-refractivity contribution is 5.83. The Morgan fingerprint density at radius 2 is 1.86 bits per heavy atom. The van der Waals surface area contributed by atoms with Gasteiger partial charge in [-0.05, 0) is 38.1 Å². The molecule has 0 unspecified atom stereocenters. The average molecular weight is 292 g/mol. The van der Waals surface area contributed by atoms with Gasteiger partial charge in [-0.2, -0.15) is 0 Å². The van der Waals surface area contributed by atoms with Crippen molar-refractivity contribution in [2.24, 2.45) is 0 Å². The Labute approximate surface area is 126 Å². The molecule has 22 heavy (non-hydrogen) atoms. The van der Waals surface area contributed by atoms with Gasteiger partial charge < -0.3 is 0 Å². The summed E-state index contributed by atoms with van der Waals surface area (Å²) >= 11 is 0. The summed E-state index contributed by atoms with van der Waals surface area (Å²) in [6.07, 6.45) is 3.48. The van der Waals surface area contributed by atoms with Gasteiger partial charge in [-0.1, -0.05) is 0 Å². The highest BCUT2D eigenvalue weighted by Gasteiger charge is 2.16. The van der Waals surface area contributed by atoms with Crippen LogP contribution in [0.4, 0.5) is 4.39 Å². The van der Waals surface area contributed by atoms with Gasteiger partial charge in [-0.3, -0.25) is 9.38 Å². The van der Waals surface area contributed by atoms with Crippen molar-refractivity contribution in [3.05, 3.63) is 59.9 Å². The molecule has 4 aromatic rings. The van der Waals surface area contributed by atoms with Crippen LogP contribution in [0.25, 0.3) is 27.9 Å². The number of rotatable bonds is 1. The normalized spacial score (nSPS) is 11.4. The average Bonchev–Trinajstić information content (AvgIpc) is 2.88. The van der Waals surface area contributed by atoms with Crippen molar-refractivity contribution >= 4 is 16.6 Å². The molecule has 0 N–H and O–H groups in total. The Hall–Kier alpha value is -2.82. The van der Waals surface area contributed by atoms with Crippen LogP contribution >= 0.6 is 0 Å². The van der Waals surface area contributed by atoms with Gasteiger partial charge in [-0.15, -0.1) is 0 Å². The number of hydrogen-bond acceptors (Lipinski definition) is 3. The van der Waals surface area contributed by atoms with Crippen molar-refractivity contribution in [2.75, 3.05) is 0 Å². The van der Waals surface area contributed by atoms with Crippen LogP contribution < -0.4 is 0 Å². The van der Waals surface area contributed by atoms with E-state index >= 15 is 0 Å². The molecule has 0 fully saturated rings. The topological polar surface area (TPSA) is 43.1 Å². The monoisotopic (exact) mass is 292 g/mol. The third-order valence-corrected chi connectivity index (χ3v) is 3.78. The van der Waals surface area contributed by atoms with E-state index in [1.165, 1.54) is 12.1 Å². The standard InChI is InChI=1S/C17H13FN4/c1-10-16-11(2)21-17(12-4-3-7-19-9-12)22(16)15-8-13(18)5-6-14(15)20-10/h3-9H,1-2H3. The maximum atomic E-state index is 13.7. The summed E-state index contributed by atoms with van der Waals surface area (Å²) < 4.78 is 15.7. The zero-order valence-electron chi connectivity index (χ0n) is 12.2. The third-order valence-electron chi connectivity index (χ3n) is 3.78. The molecule has 108 valence electrons. The molecule has 0 aliphatic heterocycles. The first-order valence-electron chi connectivity index (χ1n) is 7.00. The van der Waals surface area contributed by atoms with E-state index in [0.717, 1.165) is 33.8 Å². The minimum atomic E-state index is -0.289. The second kappa shape index (κ2) is 4.59. The molecular formula is C17H13FN4. The number of fused-ring (bicyclic) bond motifs is 3. The lowest BCUT2D eigenvalue weighted by Gasteiger charge is -2.08. The van der Waals surface area contributed by atoms with Crippen molar-refractivity contribution in [2.45, 2.75) is 13.8 Å². The summed E-state index contributed by atoms with van der Waals surface area (Å²) in [6.45, 7) is 3.88. The third kappa shape index (κ3) is 1.79. The molecule has 0 saturated carbocycles. The number of aryl methyl sites for hydroxylation is 2. The van der Waals surface area contributed by atoms with E-state index in [1.807, 2.05) is 30.4 Å². The van der Waals surface area contributed by atoms with E-state index in [1.54, 1.807) is 18.5 Å². The number of benzene rings is 1. The SMILES string of the molecule is Cc1nc(-c2cccnc2)n2c1c(C)nc1ccc(F)cc12. The Morgan fingerprint density at radius 3 is 2.64 bits per heavy atom.